The molecule has 0 amide bonds. The van der Waals surface area contributed by atoms with Crippen molar-refractivity contribution in [3.8, 4) is 0 Å². The number of nitrogens with two attached hydrogens (primary N) is 1. The topological polar surface area (TPSA) is 61.5 Å². The van der Waals surface area contributed by atoms with Crippen LogP contribution in [-0.2, 0) is 9.47 Å². The molecule has 0 aliphatic rings. The lowest BCUT2D eigenvalue weighted by molar-refractivity contribution is 0.0323. The standard InChI is InChI=1S/C11H17NO3S/c1-3-4-14-5-6-15-11(13)10-7-9(12)8(2)16-10/h7H,3-6,12H2,1-2H3. The van der Waals surface area contributed by atoms with Crippen LogP contribution < -0.4 is 5.73 Å². The second-order valence-electron chi connectivity index (χ2n) is 3.37. The van der Waals surface area contributed by atoms with Crippen molar-refractivity contribution in [2.45, 2.75) is 20.3 Å². The molecule has 0 aromatic carbocycles. The maximum absolute atomic E-state index is 11.5. The molecular weight excluding hydrogens is 226 g/mol. The molecule has 2 N–H and O–H groups in total. The summed E-state index contributed by atoms with van der Waals surface area (Å²) in [6, 6.07) is 1.65. The van der Waals surface area contributed by atoms with Crippen LogP contribution in [0.1, 0.15) is 27.9 Å². The normalized spacial score (nSPS) is 10.4. The Kier molecular flexibility index (Phi) is 5.28. The number of thiophene rings is 1. The van der Waals surface area contributed by atoms with Crippen LogP contribution in [-0.4, -0.2) is 25.8 Å². The lowest BCUT2D eigenvalue weighted by Crippen LogP contribution is -2.10. The quantitative estimate of drug-likeness (QED) is 0.614. The number of ether oxygens (including phenoxy) is 2. The summed E-state index contributed by atoms with van der Waals surface area (Å²) in [5, 5.41) is 0. The first-order valence-corrected chi connectivity index (χ1v) is 6.07. The van der Waals surface area contributed by atoms with Gasteiger partial charge in [-0.15, -0.1) is 11.3 Å². The maximum atomic E-state index is 11.5. The molecule has 90 valence electrons. The van der Waals surface area contributed by atoms with E-state index in [2.05, 4.69) is 0 Å². The molecule has 4 nitrogen and oxygen atoms in total. The van der Waals surface area contributed by atoms with Crippen molar-refractivity contribution in [2.75, 3.05) is 25.6 Å². The molecule has 0 saturated heterocycles. The first kappa shape index (κ1) is 13.0. The zero-order chi connectivity index (χ0) is 12.0. The molecule has 1 aromatic heterocycles. The van der Waals surface area contributed by atoms with E-state index in [4.69, 9.17) is 15.2 Å². The predicted octanol–water partition coefficient (Wildman–Crippen LogP) is 2.22. The van der Waals surface area contributed by atoms with E-state index >= 15 is 0 Å². The molecule has 0 fully saturated rings. The number of anilines is 1. The Hall–Kier alpha value is -1.07. The Balaban J connectivity index is 2.30. The van der Waals surface area contributed by atoms with E-state index in [9.17, 15) is 4.79 Å². The van der Waals surface area contributed by atoms with Gasteiger partial charge in [-0.05, 0) is 19.4 Å². The van der Waals surface area contributed by atoms with Crippen LogP contribution >= 0.6 is 11.3 Å². The summed E-state index contributed by atoms with van der Waals surface area (Å²) in [4.78, 5) is 13.0. The highest BCUT2D eigenvalue weighted by Gasteiger charge is 2.11. The maximum Gasteiger partial charge on any atom is 0.348 e. The predicted molar refractivity (Wildman–Crippen MR) is 64.9 cm³/mol. The fourth-order valence-electron chi connectivity index (χ4n) is 1.11. The molecule has 0 aliphatic carbocycles. The van der Waals surface area contributed by atoms with E-state index in [0.717, 1.165) is 11.3 Å². The van der Waals surface area contributed by atoms with Crippen molar-refractivity contribution >= 4 is 23.0 Å². The SMILES string of the molecule is CCCOCCOC(=O)c1cc(N)c(C)s1. The molecule has 1 rings (SSSR count). The van der Waals surface area contributed by atoms with E-state index in [1.165, 1.54) is 11.3 Å². The molecule has 5 heteroatoms. The van der Waals surface area contributed by atoms with E-state index in [-0.39, 0.29) is 12.6 Å². The molecule has 0 radical (unpaired) electrons. The van der Waals surface area contributed by atoms with Gasteiger partial charge in [0.25, 0.3) is 0 Å². The van der Waals surface area contributed by atoms with Crippen molar-refractivity contribution in [2.24, 2.45) is 0 Å². The van der Waals surface area contributed by atoms with Gasteiger partial charge >= 0.3 is 5.97 Å². The molecular formula is C11H17NO3S. The van der Waals surface area contributed by atoms with Crippen molar-refractivity contribution in [3.05, 3.63) is 15.8 Å². The monoisotopic (exact) mass is 243 g/mol. The molecule has 0 aliphatic heterocycles. The summed E-state index contributed by atoms with van der Waals surface area (Å²) in [7, 11) is 0. The molecule has 16 heavy (non-hydrogen) atoms. The smallest absolute Gasteiger partial charge is 0.348 e. The first-order chi connectivity index (χ1) is 7.65. The Morgan fingerprint density at radius 1 is 1.44 bits per heavy atom. The van der Waals surface area contributed by atoms with Crippen LogP contribution in [0.2, 0.25) is 0 Å². The second kappa shape index (κ2) is 6.50. The third kappa shape index (κ3) is 3.83. The van der Waals surface area contributed by atoms with Gasteiger partial charge in [0.1, 0.15) is 11.5 Å². The highest BCUT2D eigenvalue weighted by molar-refractivity contribution is 7.14. The minimum absolute atomic E-state index is 0.287. The molecule has 1 aromatic rings. The van der Waals surface area contributed by atoms with Crippen molar-refractivity contribution in [1.29, 1.82) is 0 Å². The van der Waals surface area contributed by atoms with E-state index < -0.39 is 0 Å². The minimum Gasteiger partial charge on any atom is -0.459 e. The van der Waals surface area contributed by atoms with Gasteiger partial charge in [0.2, 0.25) is 0 Å². The van der Waals surface area contributed by atoms with Crippen LogP contribution in [0.4, 0.5) is 5.69 Å². The van der Waals surface area contributed by atoms with Gasteiger partial charge in [-0.25, -0.2) is 4.79 Å². The molecule has 0 spiro atoms. The van der Waals surface area contributed by atoms with Gasteiger partial charge in [-0.2, -0.15) is 0 Å². The minimum atomic E-state index is -0.329. The zero-order valence-electron chi connectivity index (χ0n) is 9.62. The summed E-state index contributed by atoms with van der Waals surface area (Å²) >= 11 is 1.35. The van der Waals surface area contributed by atoms with E-state index in [1.54, 1.807) is 6.07 Å². The Bertz CT molecular complexity index is 329. The largest absolute Gasteiger partial charge is 0.459 e. The van der Waals surface area contributed by atoms with Gasteiger partial charge in [-0.1, -0.05) is 6.92 Å². The van der Waals surface area contributed by atoms with Crippen molar-refractivity contribution < 1.29 is 14.3 Å². The molecule has 0 atom stereocenters. The Morgan fingerprint density at radius 3 is 2.75 bits per heavy atom. The van der Waals surface area contributed by atoms with Crippen LogP contribution in [0.25, 0.3) is 0 Å². The van der Waals surface area contributed by atoms with Crippen LogP contribution in [0.15, 0.2) is 6.07 Å². The number of hydrogen-bond donors (Lipinski definition) is 1. The number of rotatable bonds is 6. The Morgan fingerprint density at radius 2 is 2.19 bits per heavy atom. The summed E-state index contributed by atoms with van der Waals surface area (Å²) in [5.41, 5.74) is 6.29. The average molecular weight is 243 g/mol. The first-order valence-electron chi connectivity index (χ1n) is 5.26. The van der Waals surface area contributed by atoms with Crippen molar-refractivity contribution in [1.82, 2.24) is 0 Å². The van der Waals surface area contributed by atoms with Crippen LogP contribution in [0.3, 0.4) is 0 Å². The summed E-state index contributed by atoms with van der Waals surface area (Å²) < 4.78 is 10.2. The summed E-state index contributed by atoms with van der Waals surface area (Å²) in [6.07, 6.45) is 0.967. The highest BCUT2D eigenvalue weighted by Crippen LogP contribution is 2.23. The van der Waals surface area contributed by atoms with Gasteiger partial charge in [0.15, 0.2) is 0 Å². The average Bonchev–Trinajstić information content (AvgIpc) is 2.59. The summed E-state index contributed by atoms with van der Waals surface area (Å²) in [6.45, 7) is 5.34. The Labute approximate surface area is 99.4 Å². The number of carbonyl (C=O) groups is 1. The molecule has 0 unspecified atom stereocenters. The molecule has 0 bridgehead atoms. The number of nitrogen functional groups attached to an aromatic ring is 1. The fourth-order valence-corrected chi connectivity index (χ4v) is 1.94. The number of aryl methyl sites for hydroxylation is 1. The van der Waals surface area contributed by atoms with Crippen LogP contribution in [0.5, 0.6) is 0 Å². The lowest BCUT2D eigenvalue weighted by Gasteiger charge is -2.03. The lowest BCUT2D eigenvalue weighted by atomic mass is 10.4. The van der Waals surface area contributed by atoms with Crippen LogP contribution in [0, 0.1) is 6.92 Å². The van der Waals surface area contributed by atoms with E-state index in [1.807, 2.05) is 13.8 Å². The van der Waals surface area contributed by atoms with Gasteiger partial charge in [0, 0.05) is 17.2 Å². The second-order valence-corrected chi connectivity index (χ2v) is 4.63. The highest BCUT2D eigenvalue weighted by atomic mass is 32.1. The summed E-state index contributed by atoms with van der Waals surface area (Å²) in [5.74, 6) is -0.329. The zero-order valence-corrected chi connectivity index (χ0v) is 10.4. The third-order valence-electron chi connectivity index (χ3n) is 1.97. The number of esters is 1. The fraction of sp³-hybridized carbons (Fsp3) is 0.545. The van der Waals surface area contributed by atoms with E-state index in [0.29, 0.717) is 23.8 Å². The molecule has 1 heterocycles. The van der Waals surface area contributed by atoms with Gasteiger partial charge in [0.05, 0.1) is 6.61 Å². The van der Waals surface area contributed by atoms with Gasteiger partial charge in [-0.3, -0.25) is 0 Å². The number of hydrogen-bond acceptors (Lipinski definition) is 5. The van der Waals surface area contributed by atoms with Crippen molar-refractivity contribution in [3.63, 3.8) is 0 Å². The van der Waals surface area contributed by atoms with Gasteiger partial charge < -0.3 is 15.2 Å². The number of carbonyl (C=O) groups excluding carboxylic acids is 1. The third-order valence-corrected chi connectivity index (χ3v) is 3.01. The molecule has 0 saturated carbocycles.